The second-order valence-corrected chi connectivity index (χ2v) is 3.69. The van der Waals surface area contributed by atoms with E-state index in [1.165, 1.54) is 12.1 Å². The van der Waals surface area contributed by atoms with Crippen LogP contribution in [-0.2, 0) is 0 Å². The van der Waals surface area contributed by atoms with Crippen LogP contribution in [-0.4, -0.2) is 10.0 Å². The lowest BCUT2D eigenvalue weighted by Gasteiger charge is -1.95. The first kappa shape index (κ1) is 8.89. The largest absolute Gasteiger partial charge is 0.502 e. The summed E-state index contributed by atoms with van der Waals surface area (Å²) in [6, 6.07) is 3.69. The minimum Gasteiger partial charge on any atom is -0.502 e. The number of aromatic hydroxyl groups is 1. The Kier molecular flexibility index (Phi) is 1.85. The number of phenols is 1. The Hall–Kier alpha value is -1.69. The van der Waals surface area contributed by atoms with E-state index in [9.17, 15) is 19.6 Å². The van der Waals surface area contributed by atoms with Crippen molar-refractivity contribution >= 4 is 27.1 Å². The number of phenolic OH excluding ortho intramolecular Hbond substituents is 1. The lowest BCUT2D eigenvalue weighted by Crippen LogP contribution is -1.88. The number of nitrogens with zero attached hydrogens (tertiary/aromatic N) is 1. The Morgan fingerprint density at radius 2 is 2.21 bits per heavy atom. The third-order valence-corrected chi connectivity index (χ3v) is 2.69. The fourth-order valence-corrected chi connectivity index (χ4v) is 2.03. The fourth-order valence-electron chi connectivity index (χ4n) is 1.25. The van der Waals surface area contributed by atoms with Crippen LogP contribution in [0.25, 0.3) is 10.1 Å². The zero-order chi connectivity index (χ0) is 10.3. The van der Waals surface area contributed by atoms with Crippen LogP contribution in [0, 0.1) is 15.2 Å². The SMILES string of the molecule is O=[N+]([O-])c1c(O)ccc2sc(F)cc12. The van der Waals surface area contributed by atoms with Crippen LogP contribution in [0.5, 0.6) is 5.75 Å². The molecule has 0 aliphatic rings. The van der Waals surface area contributed by atoms with Gasteiger partial charge in [0.05, 0.1) is 10.3 Å². The van der Waals surface area contributed by atoms with E-state index in [4.69, 9.17) is 0 Å². The Bertz CT molecular complexity index is 523. The number of fused-ring (bicyclic) bond motifs is 1. The Balaban J connectivity index is 2.88. The Morgan fingerprint density at radius 1 is 1.50 bits per heavy atom. The highest BCUT2D eigenvalue weighted by Gasteiger charge is 2.19. The average molecular weight is 213 g/mol. The van der Waals surface area contributed by atoms with Gasteiger partial charge in [-0.2, -0.15) is 4.39 Å². The van der Waals surface area contributed by atoms with E-state index in [2.05, 4.69) is 0 Å². The molecule has 1 N–H and O–H groups in total. The Labute approximate surface area is 81.4 Å². The number of nitro groups is 1. The highest BCUT2D eigenvalue weighted by Crippen LogP contribution is 2.37. The standard InChI is InChI=1S/C8H4FNO3S/c9-7-3-4-6(14-7)2-1-5(11)8(4)10(12)13/h1-3,11H. The molecule has 0 spiro atoms. The Morgan fingerprint density at radius 3 is 2.86 bits per heavy atom. The van der Waals surface area contributed by atoms with Gasteiger partial charge in [-0.15, -0.1) is 11.3 Å². The van der Waals surface area contributed by atoms with Crippen molar-refractivity contribution in [2.45, 2.75) is 0 Å². The molecule has 4 nitrogen and oxygen atoms in total. The summed E-state index contributed by atoms with van der Waals surface area (Å²) in [5.41, 5.74) is -0.442. The van der Waals surface area contributed by atoms with Gasteiger partial charge in [-0.05, 0) is 18.2 Å². The van der Waals surface area contributed by atoms with Crippen molar-refractivity contribution in [2.24, 2.45) is 0 Å². The van der Waals surface area contributed by atoms with Crippen LogP contribution >= 0.6 is 11.3 Å². The van der Waals surface area contributed by atoms with Crippen molar-refractivity contribution in [1.82, 2.24) is 0 Å². The summed E-state index contributed by atoms with van der Waals surface area (Å²) in [6.45, 7) is 0. The van der Waals surface area contributed by atoms with Crippen LogP contribution in [0.15, 0.2) is 18.2 Å². The number of rotatable bonds is 1. The number of thiophene rings is 1. The molecular formula is C8H4FNO3S. The lowest BCUT2D eigenvalue weighted by molar-refractivity contribution is -0.384. The summed E-state index contributed by atoms with van der Waals surface area (Å²) in [4.78, 5) is 9.85. The first-order valence-electron chi connectivity index (χ1n) is 3.65. The molecule has 0 amide bonds. The summed E-state index contributed by atoms with van der Waals surface area (Å²) in [7, 11) is 0. The van der Waals surface area contributed by atoms with Gasteiger partial charge < -0.3 is 5.11 Å². The normalized spacial score (nSPS) is 10.6. The third-order valence-electron chi connectivity index (χ3n) is 1.80. The van der Waals surface area contributed by atoms with Gasteiger partial charge in [0.2, 0.25) is 0 Å². The van der Waals surface area contributed by atoms with E-state index in [0.717, 1.165) is 17.4 Å². The molecule has 1 aromatic carbocycles. The molecule has 0 radical (unpaired) electrons. The van der Waals surface area contributed by atoms with E-state index < -0.39 is 21.5 Å². The van der Waals surface area contributed by atoms with Gasteiger partial charge in [-0.25, -0.2) is 0 Å². The molecule has 0 saturated carbocycles. The van der Waals surface area contributed by atoms with Crippen LogP contribution in [0.1, 0.15) is 0 Å². The first-order valence-corrected chi connectivity index (χ1v) is 4.46. The second kappa shape index (κ2) is 2.91. The van der Waals surface area contributed by atoms with Crippen LogP contribution in [0.3, 0.4) is 0 Å². The van der Waals surface area contributed by atoms with Gasteiger partial charge in [-0.3, -0.25) is 10.1 Å². The molecule has 0 atom stereocenters. The zero-order valence-corrected chi connectivity index (χ0v) is 7.55. The number of nitro benzene ring substituents is 1. The monoisotopic (exact) mass is 213 g/mol. The molecule has 0 aliphatic carbocycles. The van der Waals surface area contributed by atoms with Gasteiger partial charge >= 0.3 is 5.69 Å². The van der Waals surface area contributed by atoms with Crippen molar-refractivity contribution in [2.75, 3.05) is 0 Å². The van der Waals surface area contributed by atoms with Crippen molar-refractivity contribution in [3.63, 3.8) is 0 Å². The number of hydrogen-bond donors (Lipinski definition) is 1. The summed E-state index contributed by atoms with van der Waals surface area (Å²) < 4.78 is 13.3. The maximum Gasteiger partial charge on any atom is 0.319 e. The van der Waals surface area contributed by atoms with Crippen molar-refractivity contribution in [3.8, 4) is 5.75 Å². The number of hydrogen-bond acceptors (Lipinski definition) is 4. The molecule has 0 unspecified atom stereocenters. The van der Waals surface area contributed by atoms with Crippen molar-refractivity contribution in [1.29, 1.82) is 0 Å². The smallest absolute Gasteiger partial charge is 0.319 e. The van der Waals surface area contributed by atoms with E-state index in [-0.39, 0.29) is 5.39 Å². The molecule has 0 aliphatic heterocycles. The molecule has 14 heavy (non-hydrogen) atoms. The van der Waals surface area contributed by atoms with E-state index >= 15 is 0 Å². The molecule has 72 valence electrons. The topological polar surface area (TPSA) is 63.4 Å². The molecule has 6 heteroatoms. The molecule has 2 rings (SSSR count). The van der Waals surface area contributed by atoms with E-state index in [0.29, 0.717) is 4.70 Å². The van der Waals surface area contributed by atoms with Crippen molar-refractivity contribution in [3.05, 3.63) is 33.4 Å². The number of benzene rings is 1. The van der Waals surface area contributed by atoms with Crippen LogP contribution in [0.2, 0.25) is 0 Å². The molecule has 0 fully saturated rings. The second-order valence-electron chi connectivity index (χ2n) is 2.65. The van der Waals surface area contributed by atoms with Crippen molar-refractivity contribution < 1.29 is 14.4 Å². The van der Waals surface area contributed by atoms with Gasteiger partial charge in [0.1, 0.15) is 0 Å². The molecule has 1 aromatic heterocycles. The molecule has 1 heterocycles. The third kappa shape index (κ3) is 1.20. The van der Waals surface area contributed by atoms with Gasteiger partial charge in [0, 0.05) is 4.70 Å². The predicted molar refractivity (Wildman–Crippen MR) is 50.1 cm³/mol. The summed E-state index contributed by atoms with van der Waals surface area (Å²) in [5, 5.41) is 19.4. The quantitative estimate of drug-likeness (QED) is 0.585. The minimum atomic E-state index is -0.718. The summed E-state index contributed by atoms with van der Waals surface area (Å²) in [5.74, 6) is -0.444. The van der Waals surface area contributed by atoms with Gasteiger partial charge in [0.15, 0.2) is 10.9 Å². The highest BCUT2D eigenvalue weighted by atomic mass is 32.1. The van der Waals surface area contributed by atoms with Crippen LogP contribution < -0.4 is 0 Å². The molecule has 0 saturated heterocycles. The van der Waals surface area contributed by atoms with E-state index in [1.54, 1.807) is 0 Å². The lowest BCUT2D eigenvalue weighted by atomic mass is 10.2. The van der Waals surface area contributed by atoms with Crippen LogP contribution in [0.4, 0.5) is 10.1 Å². The average Bonchev–Trinajstić information content (AvgIpc) is 2.43. The molecule has 0 bridgehead atoms. The summed E-state index contributed by atoms with van der Waals surface area (Å²) >= 11 is 0.810. The fraction of sp³-hybridized carbons (Fsp3) is 0. The van der Waals surface area contributed by atoms with Gasteiger partial charge in [0.25, 0.3) is 0 Å². The summed E-state index contributed by atoms with van der Waals surface area (Å²) in [6.07, 6.45) is 0. The first-order chi connectivity index (χ1) is 6.59. The molecule has 2 aromatic rings. The zero-order valence-electron chi connectivity index (χ0n) is 6.73. The van der Waals surface area contributed by atoms with Gasteiger partial charge in [-0.1, -0.05) is 0 Å². The maximum absolute atomic E-state index is 12.8. The molecular weight excluding hydrogens is 209 g/mol. The number of halogens is 1. The highest BCUT2D eigenvalue weighted by molar-refractivity contribution is 7.17. The minimum absolute atomic E-state index is 0.137. The van der Waals surface area contributed by atoms with E-state index in [1.807, 2.05) is 0 Å². The maximum atomic E-state index is 12.8. The predicted octanol–water partition coefficient (Wildman–Crippen LogP) is 2.65.